The molecule has 0 aliphatic rings. The van der Waals surface area contributed by atoms with Gasteiger partial charge in [0, 0.05) is 17.4 Å². The number of thioether (sulfide) groups is 1. The molecule has 3 rings (SSSR count). The summed E-state index contributed by atoms with van der Waals surface area (Å²) in [5.74, 6) is 3.03. The number of rotatable bonds is 4. The van der Waals surface area contributed by atoms with Crippen LogP contribution in [0.2, 0.25) is 0 Å². The number of terminal acetylenes is 1. The molecule has 0 saturated heterocycles. The van der Waals surface area contributed by atoms with Gasteiger partial charge in [-0.1, -0.05) is 42.0 Å². The van der Waals surface area contributed by atoms with Crippen molar-refractivity contribution in [3.8, 4) is 12.3 Å². The second-order valence-corrected chi connectivity index (χ2v) is 5.43. The Kier molecular flexibility index (Phi) is 3.55. The molecule has 5 heteroatoms. The summed E-state index contributed by atoms with van der Waals surface area (Å²) in [7, 11) is 0. The number of nitrogens with zero attached hydrogens (tertiary/aromatic N) is 2. The van der Waals surface area contributed by atoms with Crippen molar-refractivity contribution in [2.45, 2.75) is 11.7 Å². The third kappa shape index (κ3) is 2.24. The molecule has 1 N–H and O–H groups in total. The zero-order chi connectivity index (χ0) is 14.8. The molecule has 2 aromatic heterocycles. The highest BCUT2D eigenvalue weighted by Crippen LogP contribution is 2.24. The van der Waals surface area contributed by atoms with Gasteiger partial charge in [0.15, 0.2) is 5.16 Å². The topological polar surface area (TPSA) is 50.7 Å². The number of aromatic nitrogens is 3. The van der Waals surface area contributed by atoms with Crippen molar-refractivity contribution in [2.24, 2.45) is 0 Å². The molecule has 21 heavy (non-hydrogen) atoms. The Labute approximate surface area is 125 Å². The summed E-state index contributed by atoms with van der Waals surface area (Å²) in [6, 6.07) is 7.74. The molecule has 0 spiro atoms. The molecular weight excluding hydrogens is 282 g/mol. The molecular formula is C16H13N3OS. The van der Waals surface area contributed by atoms with Crippen molar-refractivity contribution in [1.82, 2.24) is 14.5 Å². The van der Waals surface area contributed by atoms with Crippen LogP contribution in [0.3, 0.4) is 0 Å². The van der Waals surface area contributed by atoms with Crippen LogP contribution in [-0.4, -0.2) is 20.3 Å². The van der Waals surface area contributed by atoms with E-state index in [2.05, 4.69) is 22.5 Å². The molecule has 3 aromatic rings. The first-order chi connectivity index (χ1) is 10.3. The molecule has 0 unspecified atom stereocenters. The van der Waals surface area contributed by atoms with Gasteiger partial charge in [-0.3, -0.25) is 9.36 Å². The number of benzene rings is 1. The molecule has 1 aromatic carbocycles. The minimum absolute atomic E-state index is 0.101. The van der Waals surface area contributed by atoms with E-state index in [1.165, 1.54) is 11.8 Å². The van der Waals surface area contributed by atoms with Gasteiger partial charge in [0.05, 0.1) is 5.75 Å². The number of hydrogen-bond acceptors (Lipinski definition) is 3. The third-order valence-corrected chi connectivity index (χ3v) is 4.05. The van der Waals surface area contributed by atoms with Gasteiger partial charge < -0.3 is 4.98 Å². The first-order valence-corrected chi connectivity index (χ1v) is 7.43. The highest BCUT2D eigenvalue weighted by atomic mass is 32.2. The molecule has 0 saturated carbocycles. The number of H-pyrrole nitrogens is 1. The molecule has 0 amide bonds. The lowest BCUT2D eigenvalue weighted by molar-refractivity contribution is 0.671. The van der Waals surface area contributed by atoms with Crippen molar-refractivity contribution in [1.29, 1.82) is 0 Å². The lowest BCUT2D eigenvalue weighted by atomic mass is 10.2. The van der Waals surface area contributed by atoms with E-state index in [1.807, 2.05) is 24.3 Å². The Bertz CT molecular complexity index is 930. The number of fused-ring (bicyclic) bond motifs is 3. The van der Waals surface area contributed by atoms with E-state index >= 15 is 0 Å². The van der Waals surface area contributed by atoms with Crippen molar-refractivity contribution >= 4 is 33.7 Å². The SMILES string of the molecule is C#CCSc1nc2c([nH]c3ccccc32)c(=O)n1CC=C. The molecule has 0 aliphatic carbocycles. The third-order valence-electron chi connectivity index (χ3n) is 3.17. The monoisotopic (exact) mass is 295 g/mol. The number of aromatic amines is 1. The van der Waals surface area contributed by atoms with Gasteiger partial charge in [0.1, 0.15) is 11.0 Å². The van der Waals surface area contributed by atoms with E-state index in [1.54, 1.807) is 10.6 Å². The summed E-state index contributed by atoms with van der Waals surface area (Å²) in [5.41, 5.74) is 2.01. The summed E-state index contributed by atoms with van der Waals surface area (Å²) in [6.07, 6.45) is 6.99. The van der Waals surface area contributed by atoms with E-state index in [9.17, 15) is 4.79 Å². The maximum Gasteiger partial charge on any atom is 0.278 e. The van der Waals surface area contributed by atoms with Crippen molar-refractivity contribution in [2.75, 3.05) is 5.75 Å². The Morgan fingerprint density at radius 2 is 2.29 bits per heavy atom. The average Bonchev–Trinajstić information content (AvgIpc) is 2.87. The second kappa shape index (κ2) is 5.51. The first kappa shape index (κ1) is 13.5. The average molecular weight is 295 g/mol. The van der Waals surface area contributed by atoms with Crippen LogP contribution in [0.1, 0.15) is 0 Å². The quantitative estimate of drug-likeness (QED) is 0.348. The highest BCUT2D eigenvalue weighted by Gasteiger charge is 2.14. The zero-order valence-electron chi connectivity index (χ0n) is 11.3. The summed E-state index contributed by atoms with van der Waals surface area (Å²) < 4.78 is 1.59. The van der Waals surface area contributed by atoms with Crippen LogP contribution in [0, 0.1) is 12.3 Å². The van der Waals surface area contributed by atoms with Gasteiger partial charge in [0.2, 0.25) is 0 Å². The first-order valence-electron chi connectivity index (χ1n) is 6.44. The fourth-order valence-electron chi connectivity index (χ4n) is 2.28. The van der Waals surface area contributed by atoms with Crippen molar-refractivity contribution < 1.29 is 0 Å². The summed E-state index contributed by atoms with van der Waals surface area (Å²) in [6.45, 7) is 4.10. The summed E-state index contributed by atoms with van der Waals surface area (Å²) in [4.78, 5) is 20.4. The maximum absolute atomic E-state index is 12.7. The molecule has 2 heterocycles. The molecule has 0 radical (unpaired) electrons. The minimum atomic E-state index is -0.101. The van der Waals surface area contributed by atoms with Gasteiger partial charge in [-0.15, -0.1) is 13.0 Å². The summed E-state index contributed by atoms with van der Waals surface area (Å²) >= 11 is 1.38. The van der Waals surface area contributed by atoms with Gasteiger partial charge in [-0.05, 0) is 6.07 Å². The lowest BCUT2D eigenvalue weighted by Crippen LogP contribution is -2.22. The van der Waals surface area contributed by atoms with Crippen LogP contribution in [0.15, 0.2) is 46.9 Å². The second-order valence-electron chi connectivity index (χ2n) is 4.49. The van der Waals surface area contributed by atoms with E-state index in [-0.39, 0.29) is 5.56 Å². The molecule has 0 fully saturated rings. The van der Waals surface area contributed by atoms with Crippen LogP contribution >= 0.6 is 11.8 Å². The van der Waals surface area contributed by atoms with E-state index in [4.69, 9.17) is 6.42 Å². The van der Waals surface area contributed by atoms with E-state index in [0.29, 0.717) is 28.5 Å². The highest BCUT2D eigenvalue weighted by molar-refractivity contribution is 7.99. The molecule has 104 valence electrons. The van der Waals surface area contributed by atoms with Crippen LogP contribution in [-0.2, 0) is 6.54 Å². The Hall–Kier alpha value is -2.45. The number of para-hydroxylation sites is 1. The minimum Gasteiger partial charge on any atom is -0.349 e. The fraction of sp³-hybridized carbons (Fsp3) is 0.125. The summed E-state index contributed by atoms with van der Waals surface area (Å²) in [5, 5.41) is 1.56. The number of nitrogens with one attached hydrogen (secondary N) is 1. The predicted molar refractivity (Wildman–Crippen MR) is 87.6 cm³/mol. The van der Waals surface area contributed by atoms with Gasteiger partial charge in [-0.25, -0.2) is 4.98 Å². The maximum atomic E-state index is 12.7. The molecule has 0 bridgehead atoms. The van der Waals surface area contributed by atoms with Crippen LogP contribution in [0.4, 0.5) is 0 Å². The van der Waals surface area contributed by atoms with E-state index in [0.717, 1.165) is 10.9 Å². The lowest BCUT2D eigenvalue weighted by Gasteiger charge is -2.08. The van der Waals surface area contributed by atoms with Gasteiger partial charge >= 0.3 is 0 Å². The van der Waals surface area contributed by atoms with Gasteiger partial charge in [-0.2, -0.15) is 0 Å². The molecule has 4 nitrogen and oxygen atoms in total. The zero-order valence-corrected chi connectivity index (χ0v) is 12.1. The van der Waals surface area contributed by atoms with Crippen molar-refractivity contribution in [3.05, 3.63) is 47.3 Å². The molecule has 0 aliphatic heterocycles. The largest absolute Gasteiger partial charge is 0.349 e. The van der Waals surface area contributed by atoms with Crippen LogP contribution in [0.5, 0.6) is 0 Å². The predicted octanol–water partition coefficient (Wildman–Crippen LogP) is 2.79. The van der Waals surface area contributed by atoms with Crippen LogP contribution < -0.4 is 5.56 Å². The number of hydrogen-bond donors (Lipinski definition) is 1. The standard InChI is InChI=1S/C16H13N3OS/c1-3-9-19-15(20)14-13(18-16(19)21-10-4-2)11-7-5-6-8-12(11)17-14/h2-3,5-8,17H,1,9-10H2. The van der Waals surface area contributed by atoms with Gasteiger partial charge in [0.25, 0.3) is 5.56 Å². The number of allylic oxidation sites excluding steroid dienone is 1. The Morgan fingerprint density at radius 1 is 1.48 bits per heavy atom. The molecule has 0 atom stereocenters. The Balaban J connectivity index is 2.36. The smallest absolute Gasteiger partial charge is 0.278 e. The van der Waals surface area contributed by atoms with Crippen LogP contribution in [0.25, 0.3) is 21.9 Å². The van der Waals surface area contributed by atoms with Crippen molar-refractivity contribution in [3.63, 3.8) is 0 Å². The fourth-order valence-corrected chi connectivity index (χ4v) is 2.96. The normalized spacial score (nSPS) is 10.8. The van der Waals surface area contributed by atoms with E-state index < -0.39 is 0 Å². The Morgan fingerprint density at radius 3 is 3.05 bits per heavy atom.